The van der Waals surface area contributed by atoms with Crippen molar-refractivity contribution >= 4 is 45.0 Å². The lowest BCUT2D eigenvalue weighted by Crippen LogP contribution is -2.39. The number of halogens is 2. The SMILES string of the molecule is CCc1cc2c(o1)[C@@H]1Cc3ccc(O)c(OC)c3CN1CC2.COc1c(O)ccc2c1CN1CCc3c([nH]c4ccccc34)[C@@H]1C2.COc1c(O)ccc2c1CN1CCc3cc(C)oc3[C@@H]1C2.COc1c(O)ccc2c1CN1CCc3cc(CCCl)oc3[C@@H]1C2.COc1c(O)ccc2c1CN1CCc3oc(CCCl)cc3[C@@H]1C2.COc1cc2c(cc1OC)CN1CCc3c([nH]c4ccccc34)[C@@H]1C2. The highest BCUT2D eigenvalue weighted by Gasteiger charge is 2.44. The molecule has 0 saturated carbocycles. The quantitative estimate of drug-likeness (QED) is 0.0560. The van der Waals surface area contributed by atoms with Crippen molar-refractivity contribution in [1.29, 1.82) is 0 Å². The first-order chi connectivity index (χ1) is 67.3. The average Bonchev–Trinajstić information content (AvgIpc) is 1.57. The molecular formula is C112H122Cl2N8O16. The molecule has 18 heterocycles. The second kappa shape index (κ2) is 38.9. The van der Waals surface area contributed by atoms with Crippen LogP contribution >= 0.6 is 23.2 Å². The first-order valence-electron chi connectivity index (χ1n) is 48.7. The summed E-state index contributed by atoms with van der Waals surface area (Å²) >= 11 is 11.7. The van der Waals surface area contributed by atoms with Gasteiger partial charge >= 0.3 is 0 Å². The summed E-state index contributed by atoms with van der Waals surface area (Å²) in [5.41, 5.74) is 28.1. The number of nitrogens with one attached hydrogen (secondary N) is 2. The molecule has 12 aliphatic rings. The van der Waals surface area contributed by atoms with Crippen molar-refractivity contribution in [3.05, 3.63) is 303 Å². The van der Waals surface area contributed by atoms with Crippen LogP contribution in [0.25, 0.3) is 21.8 Å². The van der Waals surface area contributed by atoms with Gasteiger partial charge in [0, 0.05) is 189 Å². The summed E-state index contributed by atoms with van der Waals surface area (Å²) in [6.07, 6.45) is 14.2. The van der Waals surface area contributed by atoms with Crippen molar-refractivity contribution in [2.45, 2.75) is 186 Å². The standard InChI is InChI=1S/C21H22N2O2.C20H20N2O2.2C18H20ClNO3.C18H21NO3.C17H19NO3/c1-24-19-10-13-9-18-21-16(15-5-3-4-6-17(15)22-21)7-8-23(18)12-14(13)11-20(19)25-2;1-24-20-15-11-22-9-8-14-13-4-2-3-5-16(13)21-19(14)17(22)10-12(15)6-7-18(20)23;1-22-18-14-10-20-7-5-12-8-13(4-6-19)23-17(12)15(20)9-11(14)2-3-16(18)21;1-22-18-14-10-20-7-5-17-13(9-12(23-17)4-6-19)15(20)8-11(14)2-3-16(18)21;1-3-13-8-12-6-7-19-10-14-11(9-15(19)17(12)22-13)4-5-16(20)18(14)21-2;1-10-7-12-5-6-18-9-13-11(8-14(18)16(12)21-10)3-4-15(19)17(13)20-2/h3-6,10-11,18,22H,7-9,12H2,1-2H3;2-7,17,21,23H,8-11H2,1H3;2-3,8,15,21H,4-7,9-10H2,1H3;2-3,9,15,21H,4-8,10H2,1H3;4-5,8,15,20H,3,6-7,9-10H2,1-2H3;3-4,7,14,19H,5-6,8-9H2,1-2H3/t18-;17-;3*15-;14-/m000000/s1. The minimum absolute atomic E-state index is 0.213. The highest BCUT2D eigenvalue weighted by atomic mass is 35.5. The molecule has 0 amide bonds. The molecule has 12 aliphatic heterocycles. The van der Waals surface area contributed by atoms with Crippen LogP contribution in [0.5, 0.6) is 69.0 Å². The first-order valence-corrected chi connectivity index (χ1v) is 49.7. The van der Waals surface area contributed by atoms with E-state index in [1.54, 1.807) is 80.1 Å². The molecule has 14 aromatic rings. The van der Waals surface area contributed by atoms with E-state index in [9.17, 15) is 25.5 Å². The monoisotopic (exact) mass is 1900 g/mol. The van der Waals surface area contributed by atoms with E-state index in [0.717, 1.165) is 260 Å². The Morgan fingerprint density at radius 1 is 0.326 bits per heavy atom. The Hall–Kier alpha value is -12.1. The zero-order valence-corrected chi connectivity index (χ0v) is 81.5. The van der Waals surface area contributed by atoms with Gasteiger partial charge in [-0.2, -0.15) is 0 Å². The molecule has 138 heavy (non-hydrogen) atoms. The van der Waals surface area contributed by atoms with Gasteiger partial charge in [-0.1, -0.05) is 73.7 Å². The summed E-state index contributed by atoms with van der Waals surface area (Å²) in [6, 6.07) is 51.1. The van der Waals surface area contributed by atoms with Gasteiger partial charge in [0.25, 0.3) is 0 Å². The van der Waals surface area contributed by atoms with Crippen molar-refractivity contribution in [2.75, 3.05) is 101 Å². The predicted octanol–water partition coefficient (Wildman–Crippen LogP) is 20.4. The van der Waals surface area contributed by atoms with Crippen LogP contribution in [-0.4, -0.2) is 166 Å². The van der Waals surface area contributed by atoms with Gasteiger partial charge in [-0.3, -0.25) is 29.4 Å². The number of aryl methyl sites for hydroxylation is 4. The van der Waals surface area contributed by atoms with Crippen molar-refractivity contribution in [1.82, 2.24) is 39.4 Å². The van der Waals surface area contributed by atoms with Gasteiger partial charge in [-0.15, -0.1) is 23.2 Å². The number of H-pyrrole nitrogens is 2. The molecule has 0 saturated heterocycles. The topological polar surface area (TPSA) is 269 Å². The maximum atomic E-state index is 10.1. The van der Waals surface area contributed by atoms with E-state index in [4.69, 9.17) is 74.0 Å². The zero-order valence-electron chi connectivity index (χ0n) is 80.0. The Balaban J connectivity index is 0.0000000988. The number of hydrogen-bond donors (Lipinski definition) is 7. The Kier molecular flexibility index (Phi) is 26.0. The van der Waals surface area contributed by atoms with Crippen molar-refractivity contribution in [2.24, 2.45) is 0 Å². The fourth-order valence-electron chi connectivity index (χ4n) is 24.2. The number of aromatic amines is 2. The maximum Gasteiger partial charge on any atom is 0.165 e. The van der Waals surface area contributed by atoms with Crippen molar-refractivity contribution in [3.63, 3.8) is 0 Å². The minimum Gasteiger partial charge on any atom is -0.504 e. The number of hydrogen-bond acceptors (Lipinski definition) is 22. The third kappa shape index (κ3) is 17.1. The second-order valence-corrected chi connectivity index (χ2v) is 39.1. The van der Waals surface area contributed by atoms with E-state index < -0.39 is 0 Å². The number of aromatic nitrogens is 2. The fourth-order valence-corrected chi connectivity index (χ4v) is 24.6. The molecule has 0 aliphatic carbocycles. The van der Waals surface area contributed by atoms with E-state index in [1.807, 2.05) is 37.3 Å². The molecule has 0 bridgehead atoms. The Labute approximate surface area is 814 Å². The average molecular weight is 1910 g/mol. The van der Waals surface area contributed by atoms with Crippen LogP contribution in [0, 0.1) is 6.92 Å². The van der Waals surface area contributed by atoms with E-state index in [0.29, 0.717) is 70.7 Å². The molecular weight excluding hydrogens is 1780 g/mol. The number of phenols is 5. The molecule has 6 aromatic heterocycles. The number of phenolic OH excluding ortho intramolecular Hbond substituents is 5. The largest absolute Gasteiger partial charge is 0.504 e. The van der Waals surface area contributed by atoms with Gasteiger partial charge in [0.15, 0.2) is 69.0 Å². The van der Waals surface area contributed by atoms with E-state index in [-0.39, 0.29) is 34.8 Å². The molecule has 26 rings (SSSR count). The van der Waals surface area contributed by atoms with E-state index in [1.165, 1.54) is 106 Å². The summed E-state index contributed by atoms with van der Waals surface area (Å²) in [5.74, 6) is 15.5. The third-order valence-corrected chi connectivity index (χ3v) is 31.3. The molecule has 26 heteroatoms. The number of aromatic hydroxyl groups is 5. The molecule has 8 aromatic carbocycles. The molecule has 720 valence electrons. The molecule has 24 nitrogen and oxygen atoms in total. The van der Waals surface area contributed by atoms with Gasteiger partial charge in [0.05, 0.1) is 80.0 Å². The summed E-state index contributed by atoms with van der Waals surface area (Å²) in [5, 5.41) is 52.8. The molecule has 0 radical (unpaired) electrons. The lowest BCUT2D eigenvalue weighted by Gasteiger charge is -2.40. The normalized spacial score (nSPS) is 19.8. The number of alkyl halides is 2. The number of rotatable bonds is 12. The second-order valence-electron chi connectivity index (χ2n) is 38.3. The van der Waals surface area contributed by atoms with Crippen molar-refractivity contribution in [3.8, 4) is 69.0 Å². The van der Waals surface area contributed by atoms with Gasteiger partial charge < -0.3 is 86.3 Å². The van der Waals surface area contributed by atoms with Gasteiger partial charge in [-0.05, 0) is 223 Å². The number of fused-ring (bicyclic) bond motifs is 28. The molecule has 0 spiro atoms. The number of benzene rings is 8. The summed E-state index contributed by atoms with van der Waals surface area (Å²) in [4.78, 5) is 22.2. The van der Waals surface area contributed by atoms with Crippen LogP contribution < -0.4 is 33.2 Å². The number of nitrogens with zero attached hydrogens (tertiary/aromatic N) is 6. The summed E-state index contributed by atoms with van der Waals surface area (Å²) in [6.45, 7) is 15.3. The van der Waals surface area contributed by atoms with E-state index >= 15 is 0 Å². The Bertz CT molecular complexity index is 6770. The van der Waals surface area contributed by atoms with Crippen LogP contribution in [0.4, 0.5) is 0 Å². The molecule has 0 fully saturated rings. The number of methoxy groups -OCH3 is 7. The van der Waals surface area contributed by atoms with Gasteiger partial charge in [-0.25, -0.2) is 0 Å². The first kappa shape index (κ1) is 92.3. The molecule has 7 N–H and O–H groups in total. The van der Waals surface area contributed by atoms with Crippen molar-refractivity contribution < 1.29 is 76.4 Å². The van der Waals surface area contributed by atoms with Crippen LogP contribution in [0.2, 0.25) is 0 Å². The van der Waals surface area contributed by atoms with E-state index in [2.05, 4.69) is 131 Å². The zero-order chi connectivity index (χ0) is 95.0. The van der Waals surface area contributed by atoms with Crippen LogP contribution in [-0.2, 0) is 136 Å². The highest BCUT2D eigenvalue weighted by molar-refractivity contribution is 6.18. The van der Waals surface area contributed by atoms with Crippen LogP contribution in [0.3, 0.4) is 0 Å². The molecule has 6 atom stereocenters. The maximum absolute atomic E-state index is 10.1. The number of para-hydroxylation sites is 2. The summed E-state index contributed by atoms with van der Waals surface area (Å²) in [7, 11) is 11.5. The Morgan fingerprint density at radius 2 is 0.667 bits per heavy atom. The van der Waals surface area contributed by atoms with Gasteiger partial charge in [0.1, 0.15) is 46.1 Å². The predicted molar refractivity (Wildman–Crippen MR) is 531 cm³/mol. The lowest BCUT2D eigenvalue weighted by molar-refractivity contribution is 0.135. The summed E-state index contributed by atoms with van der Waals surface area (Å²) < 4.78 is 62.2. The van der Waals surface area contributed by atoms with Crippen LogP contribution in [0.15, 0.2) is 163 Å². The molecule has 0 unspecified atom stereocenters. The third-order valence-electron chi connectivity index (χ3n) is 30.9. The Morgan fingerprint density at radius 3 is 1.09 bits per heavy atom. The highest BCUT2D eigenvalue weighted by Crippen LogP contribution is 2.53. The van der Waals surface area contributed by atoms with Crippen LogP contribution in [0.1, 0.15) is 201 Å². The smallest absolute Gasteiger partial charge is 0.165 e. The lowest BCUT2D eigenvalue weighted by atomic mass is 9.86. The fraction of sp³-hybridized carbons (Fsp3) is 0.393. The minimum atomic E-state index is 0.213. The number of ether oxygens (including phenoxy) is 7. The number of furan rings is 4. The van der Waals surface area contributed by atoms with Gasteiger partial charge in [0.2, 0.25) is 0 Å².